The van der Waals surface area contributed by atoms with Crippen molar-refractivity contribution in [3.8, 4) is 0 Å². The summed E-state index contributed by atoms with van der Waals surface area (Å²) in [5, 5.41) is 29.0. The van der Waals surface area contributed by atoms with Crippen molar-refractivity contribution in [1.29, 1.82) is 0 Å². The summed E-state index contributed by atoms with van der Waals surface area (Å²) in [6, 6.07) is 3.70. The van der Waals surface area contributed by atoms with Crippen LogP contribution in [-0.2, 0) is 0 Å². The molecule has 18 heavy (non-hydrogen) atoms. The molecule has 2 rings (SSSR count). The van der Waals surface area contributed by atoms with Gasteiger partial charge in [-0.15, -0.1) is 0 Å². The van der Waals surface area contributed by atoms with Gasteiger partial charge in [-0.2, -0.15) is 0 Å². The molecule has 0 heterocycles. The van der Waals surface area contributed by atoms with Gasteiger partial charge in [-0.05, 0) is 47.1 Å². The smallest absolute Gasteiger partial charge is 0.105 e. The molecule has 1 aliphatic rings. The second-order valence-corrected chi connectivity index (χ2v) is 5.15. The Morgan fingerprint density at radius 3 is 2.67 bits per heavy atom. The second-order valence-electron chi connectivity index (χ2n) is 5.15. The highest BCUT2D eigenvalue weighted by Crippen LogP contribution is 2.41. The van der Waals surface area contributed by atoms with E-state index in [0.717, 1.165) is 22.3 Å². The summed E-state index contributed by atoms with van der Waals surface area (Å²) in [7, 11) is 0. The average Bonchev–Trinajstić information content (AvgIpc) is 2.34. The van der Waals surface area contributed by atoms with Gasteiger partial charge in [-0.3, -0.25) is 0 Å². The van der Waals surface area contributed by atoms with Gasteiger partial charge < -0.3 is 15.3 Å². The van der Waals surface area contributed by atoms with Crippen LogP contribution in [0.1, 0.15) is 47.6 Å². The van der Waals surface area contributed by atoms with Crippen molar-refractivity contribution in [2.24, 2.45) is 0 Å². The molecule has 0 amide bonds. The Bertz CT molecular complexity index is 479. The van der Waals surface area contributed by atoms with Crippen molar-refractivity contribution in [3.05, 3.63) is 41.0 Å². The SMILES string of the molecule is C=C(CO)c1ccc2c(c1C)[C@@H](C)C[C@H](O)[C@H]2O. The van der Waals surface area contributed by atoms with E-state index in [-0.39, 0.29) is 12.5 Å². The second kappa shape index (κ2) is 4.84. The molecular formula is C15H20O3. The van der Waals surface area contributed by atoms with Gasteiger partial charge in [-0.25, -0.2) is 0 Å². The average molecular weight is 248 g/mol. The van der Waals surface area contributed by atoms with Crippen LogP contribution in [0.3, 0.4) is 0 Å². The van der Waals surface area contributed by atoms with Crippen molar-refractivity contribution in [1.82, 2.24) is 0 Å². The van der Waals surface area contributed by atoms with E-state index in [2.05, 4.69) is 6.58 Å². The molecule has 0 saturated heterocycles. The van der Waals surface area contributed by atoms with E-state index in [0.29, 0.717) is 12.0 Å². The maximum Gasteiger partial charge on any atom is 0.105 e. The molecule has 0 radical (unpaired) electrons. The van der Waals surface area contributed by atoms with Gasteiger partial charge in [0.05, 0.1) is 12.7 Å². The monoisotopic (exact) mass is 248 g/mol. The van der Waals surface area contributed by atoms with Crippen LogP contribution in [0.2, 0.25) is 0 Å². The molecule has 3 N–H and O–H groups in total. The minimum Gasteiger partial charge on any atom is -0.392 e. The minimum absolute atomic E-state index is 0.0703. The molecule has 0 unspecified atom stereocenters. The van der Waals surface area contributed by atoms with Crippen molar-refractivity contribution in [2.75, 3.05) is 6.61 Å². The quantitative estimate of drug-likeness (QED) is 0.749. The predicted molar refractivity (Wildman–Crippen MR) is 71.3 cm³/mol. The molecule has 3 heteroatoms. The van der Waals surface area contributed by atoms with Crippen LogP contribution in [0, 0.1) is 6.92 Å². The number of aliphatic hydroxyl groups excluding tert-OH is 3. The Kier molecular flexibility index (Phi) is 3.57. The predicted octanol–water partition coefficient (Wildman–Crippen LogP) is 1.90. The number of rotatable bonds is 2. The maximum absolute atomic E-state index is 10.0. The summed E-state index contributed by atoms with van der Waals surface area (Å²) in [6.07, 6.45) is -0.950. The number of hydrogen-bond donors (Lipinski definition) is 3. The van der Waals surface area contributed by atoms with Crippen LogP contribution in [0.15, 0.2) is 18.7 Å². The van der Waals surface area contributed by atoms with E-state index in [1.54, 1.807) is 0 Å². The van der Waals surface area contributed by atoms with Crippen molar-refractivity contribution in [3.63, 3.8) is 0 Å². The van der Waals surface area contributed by atoms with Crippen molar-refractivity contribution >= 4 is 5.57 Å². The number of fused-ring (bicyclic) bond motifs is 1. The fraction of sp³-hybridized carbons (Fsp3) is 0.467. The Hall–Kier alpha value is -1.16. The molecule has 1 aromatic rings. The molecule has 0 aliphatic heterocycles. The van der Waals surface area contributed by atoms with Crippen LogP contribution >= 0.6 is 0 Å². The maximum atomic E-state index is 10.0. The summed E-state index contributed by atoms with van der Waals surface area (Å²) in [5.41, 5.74) is 4.55. The fourth-order valence-corrected chi connectivity index (χ4v) is 2.95. The lowest BCUT2D eigenvalue weighted by molar-refractivity contribution is 0.00135. The Morgan fingerprint density at radius 2 is 2.06 bits per heavy atom. The van der Waals surface area contributed by atoms with Crippen molar-refractivity contribution in [2.45, 2.75) is 38.4 Å². The Labute approximate surface area is 107 Å². The first kappa shape index (κ1) is 13.3. The molecule has 1 aromatic carbocycles. The van der Waals surface area contributed by atoms with Gasteiger partial charge in [-0.1, -0.05) is 25.6 Å². The van der Waals surface area contributed by atoms with Crippen LogP contribution in [-0.4, -0.2) is 28.0 Å². The minimum atomic E-state index is -0.814. The van der Waals surface area contributed by atoms with E-state index >= 15 is 0 Å². The molecular weight excluding hydrogens is 228 g/mol. The molecule has 3 nitrogen and oxygen atoms in total. The van der Waals surface area contributed by atoms with Crippen LogP contribution < -0.4 is 0 Å². The third-order valence-corrected chi connectivity index (χ3v) is 3.89. The van der Waals surface area contributed by atoms with Gasteiger partial charge in [0.2, 0.25) is 0 Å². The number of aliphatic hydroxyl groups is 3. The zero-order chi connectivity index (χ0) is 13.4. The molecule has 1 aliphatic carbocycles. The highest BCUT2D eigenvalue weighted by atomic mass is 16.3. The number of hydrogen-bond acceptors (Lipinski definition) is 3. The van der Waals surface area contributed by atoms with Gasteiger partial charge in [0.25, 0.3) is 0 Å². The third-order valence-electron chi connectivity index (χ3n) is 3.89. The normalized spacial score (nSPS) is 26.8. The topological polar surface area (TPSA) is 60.7 Å². The molecule has 0 saturated carbocycles. The van der Waals surface area contributed by atoms with E-state index in [1.807, 2.05) is 26.0 Å². The first-order valence-electron chi connectivity index (χ1n) is 6.25. The zero-order valence-electron chi connectivity index (χ0n) is 10.8. The summed E-state index contributed by atoms with van der Waals surface area (Å²) in [4.78, 5) is 0. The standard InChI is InChI=1S/C15H20O3/c1-8-6-13(17)15(18)12-5-4-11(9(2)7-16)10(3)14(8)12/h4-5,8,13,15-18H,2,6-7H2,1,3H3/t8-,13-,15-/m0/s1. The van der Waals surface area contributed by atoms with E-state index in [1.165, 1.54) is 0 Å². The first-order chi connectivity index (χ1) is 8.47. The van der Waals surface area contributed by atoms with Crippen LogP contribution in [0.5, 0.6) is 0 Å². The highest BCUT2D eigenvalue weighted by molar-refractivity contribution is 5.69. The van der Waals surface area contributed by atoms with Crippen LogP contribution in [0.4, 0.5) is 0 Å². The fourth-order valence-electron chi connectivity index (χ4n) is 2.95. The van der Waals surface area contributed by atoms with Crippen LogP contribution in [0.25, 0.3) is 5.57 Å². The van der Waals surface area contributed by atoms with E-state index < -0.39 is 12.2 Å². The molecule has 0 aromatic heterocycles. The number of benzene rings is 1. The van der Waals surface area contributed by atoms with E-state index in [4.69, 9.17) is 0 Å². The highest BCUT2D eigenvalue weighted by Gasteiger charge is 2.32. The van der Waals surface area contributed by atoms with Gasteiger partial charge in [0, 0.05) is 0 Å². The zero-order valence-corrected chi connectivity index (χ0v) is 10.8. The lowest BCUT2D eigenvalue weighted by atomic mass is 9.76. The summed E-state index contributed by atoms with van der Waals surface area (Å²) < 4.78 is 0. The summed E-state index contributed by atoms with van der Waals surface area (Å²) in [5.74, 6) is 0.199. The lowest BCUT2D eigenvalue weighted by Gasteiger charge is -2.33. The first-order valence-corrected chi connectivity index (χ1v) is 6.25. The Balaban J connectivity index is 2.58. The van der Waals surface area contributed by atoms with Gasteiger partial charge in [0.1, 0.15) is 6.10 Å². The molecule has 98 valence electrons. The van der Waals surface area contributed by atoms with Crippen molar-refractivity contribution < 1.29 is 15.3 Å². The largest absolute Gasteiger partial charge is 0.392 e. The lowest BCUT2D eigenvalue weighted by Crippen LogP contribution is -2.27. The molecule has 0 spiro atoms. The molecule has 0 bridgehead atoms. The Morgan fingerprint density at radius 1 is 1.39 bits per heavy atom. The third kappa shape index (κ3) is 1.99. The summed E-state index contributed by atoms with van der Waals surface area (Å²) in [6.45, 7) is 7.81. The molecule has 3 atom stereocenters. The van der Waals surface area contributed by atoms with E-state index in [9.17, 15) is 15.3 Å². The van der Waals surface area contributed by atoms with Gasteiger partial charge >= 0.3 is 0 Å². The van der Waals surface area contributed by atoms with Gasteiger partial charge in [0.15, 0.2) is 0 Å². The molecule has 0 fully saturated rings. The summed E-state index contributed by atoms with van der Waals surface area (Å²) >= 11 is 0.